The van der Waals surface area contributed by atoms with Gasteiger partial charge in [0, 0.05) is 5.02 Å². The van der Waals surface area contributed by atoms with Crippen LogP contribution in [0.3, 0.4) is 0 Å². The van der Waals surface area contributed by atoms with Crippen molar-refractivity contribution >= 4 is 29.2 Å². The fraction of sp³-hybridized carbons (Fsp3) is 0.158. The highest BCUT2D eigenvalue weighted by Crippen LogP contribution is 2.22. The van der Waals surface area contributed by atoms with Gasteiger partial charge < -0.3 is 9.47 Å². The van der Waals surface area contributed by atoms with Gasteiger partial charge in [0.05, 0.1) is 18.2 Å². The lowest BCUT2D eigenvalue weighted by molar-refractivity contribution is -0.145. The van der Waals surface area contributed by atoms with E-state index in [-0.39, 0.29) is 6.61 Å². The Morgan fingerprint density at radius 1 is 1.25 bits per heavy atom. The lowest BCUT2D eigenvalue weighted by atomic mass is 10.0. The molecule has 0 aromatic heterocycles. The number of nitrogens with zero attached hydrogens (tertiary/aromatic N) is 1. The fourth-order valence-corrected chi connectivity index (χ4v) is 2.20. The molecule has 0 heterocycles. The van der Waals surface area contributed by atoms with Crippen LogP contribution < -0.4 is 4.74 Å². The molecule has 4 nitrogen and oxygen atoms in total. The molecule has 24 heavy (non-hydrogen) atoms. The van der Waals surface area contributed by atoms with E-state index in [1.54, 1.807) is 43.3 Å². The topological polar surface area (TPSA) is 59.3 Å². The molecule has 0 spiro atoms. The molecule has 2 rings (SSSR count). The molecule has 0 amide bonds. The van der Waals surface area contributed by atoms with Crippen LogP contribution in [0.25, 0.3) is 11.6 Å². The number of hydrogen-bond acceptors (Lipinski definition) is 4. The summed E-state index contributed by atoms with van der Waals surface area (Å²) >= 11 is 5.96. The molecular formula is C19H16ClNO3. The van der Waals surface area contributed by atoms with E-state index in [0.29, 0.717) is 23.0 Å². The van der Waals surface area contributed by atoms with E-state index >= 15 is 0 Å². The first kappa shape index (κ1) is 17.6. The number of esters is 1. The van der Waals surface area contributed by atoms with Crippen molar-refractivity contribution in [1.29, 1.82) is 5.26 Å². The molecular weight excluding hydrogens is 326 g/mol. The van der Waals surface area contributed by atoms with Crippen molar-refractivity contribution in [3.8, 4) is 11.8 Å². The molecule has 2 aromatic rings. The van der Waals surface area contributed by atoms with Crippen molar-refractivity contribution in [2.45, 2.75) is 6.92 Å². The molecule has 5 heteroatoms. The molecule has 0 aliphatic rings. The summed E-state index contributed by atoms with van der Waals surface area (Å²) in [5.41, 5.74) is 2.11. The Hall–Kier alpha value is -2.77. The minimum absolute atomic E-state index is 0.130. The zero-order valence-corrected chi connectivity index (χ0v) is 13.9. The third-order valence-corrected chi connectivity index (χ3v) is 3.34. The van der Waals surface area contributed by atoms with Crippen molar-refractivity contribution in [1.82, 2.24) is 0 Å². The molecule has 0 atom stereocenters. The summed E-state index contributed by atoms with van der Waals surface area (Å²) in [6.07, 6.45) is 1.76. The van der Waals surface area contributed by atoms with Crippen molar-refractivity contribution in [3.63, 3.8) is 0 Å². The van der Waals surface area contributed by atoms with Gasteiger partial charge in [0.25, 0.3) is 0 Å². The molecule has 122 valence electrons. The Bertz CT molecular complexity index is 776. The summed E-state index contributed by atoms with van der Waals surface area (Å²) in [5, 5.41) is 9.92. The van der Waals surface area contributed by atoms with Crippen LogP contribution in [0.4, 0.5) is 0 Å². The average Bonchev–Trinajstić information content (AvgIpc) is 2.59. The Balaban J connectivity index is 2.09. The normalized spacial score (nSPS) is 10.8. The summed E-state index contributed by atoms with van der Waals surface area (Å²) in [5.74, 6) is 0.149. The summed E-state index contributed by atoms with van der Waals surface area (Å²) in [6.45, 7) is 1.94. The van der Waals surface area contributed by atoms with Crippen molar-refractivity contribution in [2.24, 2.45) is 0 Å². The fourth-order valence-electron chi connectivity index (χ4n) is 2.01. The highest BCUT2D eigenvalue weighted by atomic mass is 35.5. The van der Waals surface area contributed by atoms with Gasteiger partial charge in [-0.2, -0.15) is 5.26 Å². The summed E-state index contributed by atoms with van der Waals surface area (Å²) in [6, 6.07) is 16.4. The van der Waals surface area contributed by atoms with Crippen molar-refractivity contribution in [3.05, 3.63) is 64.7 Å². The maximum absolute atomic E-state index is 11.2. The van der Waals surface area contributed by atoms with Gasteiger partial charge in [-0.05, 0) is 48.4 Å². The number of halogens is 1. The van der Waals surface area contributed by atoms with E-state index in [0.717, 1.165) is 11.1 Å². The SMILES string of the molecule is CCOC(=O)COc1ccc(/C=C(/C#N)c2cccc(Cl)c2)cc1. The van der Waals surface area contributed by atoms with E-state index in [1.807, 2.05) is 18.2 Å². The summed E-state index contributed by atoms with van der Waals surface area (Å²) in [7, 11) is 0. The number of carbonyl (C=O) groups is 1. The molecule has 0 N–H and O–H groups in total. The predicted molar refractivity (Wildman–Crippen MR) is 93.5 cm³/mol. The minimum atomic E-state index is -0.408. The van der Waals surface area contributed by atoms with Crippen LogP contribution in [-0.2, 0) is 9.53 Å². The van der Waals surface area contributed by atoms with Crippen LogP contribution in [-0.4, -0.2) is 19.2 Å². The molecule has 0 saturated heterocycles. The number of hydrogen-bond donors (Lipinski definition) is 0. The van der Waals surface area contributed by atoms with Gasteiger partial charge in [-0.15, -0.1) is 0 Å². The molecule has 0 bridgehead atoms. The molecule has 2 aromatic carbocycles. The van der Waals surface area contributed by atoms with Gasteiger partial charge in [0.15, 0.2) is 6.61 Å². The maximum Gasteiger partial charge on any atom is 0.344 e. The highest BCUT2D eigenvalue weighted by Gasteiger charge is 2.04. The van der Waals surface area contributed by atoms with Gasteiger partial charge in [-0.1, -0.05) is 35.9 Å². The van der Waals surface area contributed by atoms with E-state index in [1.165, 1.54) is 0 Å². The number of allylic oxidation sites excluding steroid dienone is 1. The molecule has 0 saturated carbocycles. The monoisotopic (exact) mass is 341 g/mol. The number of carbonyl (C=O) groups excluding carboxylic acids is 1. The lowest BCUT2D eigenvalue weighted by Crippen LogP contribution is -2.14. The zero-order chi connectivity index (χ0) is 17.4. The molecule has 0 aliphatic carbocycles. The molecule has 0 radical (unpaired) electrons. The van der Waals surface area contributed by atoms with E-state index in [9.17, 15) is 10.1 Å². The van der Waals surface area contributed by atoms with Crippen LogP contribution in [0.15, 0.2) is 48.5 Å². The Morgan fingerprint density at radius 3 is 2.62 bits per heavy atom. The van der Waals surface area contributed by atoms with Gasteiger partial charge >= 0.3 is 5.97 Å². The quantitative estimate of drug-likeness (QED) is 0.445. The number of rotatable bonds is 6. The second-order valence-electron chi connectivity index (χ2n) is 4.84. The second kappa shape index (κ2) is 8.76. The van der Waals surface area contributed by atoms with Crippen LogP contribution >= 0.6 is 11.6 Å². The van der Waals surface area contributed by atoms with E-state index in [4.69, 9.17) is 21.1 Å². The standard InChI is InChI=1S/C19H16ClNO3/c1-2-23-19(22)13-24-18-8-6-14(7-9-18)10-16(12-21)15-4-3-5-17(20)11-15/h3-11H,2,13H2,1H3/b16-10-. The molecule has 0 aliphatic heterocycles. The Morgan fingerprint density at radius 2 is 2.00 bits per heavy atom. The largest absolute Gasteiger partial charge is 0.482 e. The first-order valence-electron chi connectivity index (χ1n) is 7.38. The van der Waals surface area contributed by atoms with E-state index < -0.39 is 5.97 Å². The van der Waals surface area contributed by atoms with Gasteiger partial charge in [0.2, 0.25) is 0 Å². The predicted octanol–water partition coefficient (Wildman–Crippen LogP) is 4.35. The van der Waals surface area contributed by atoms with Crippen molar-refractivity contribution < 1.29 is 14.3 Å². The van der Waals surface area contributed by atoms with Crippen molar-refractivity contribution in [2.75, 3.05) is 13.2 Å². The second-order valence-corrected chi connectivity index (χ2v) is 5.28. The van der Waals surface area contributed by atoms with Crippen LogP contribution in [0.5, 0.6) is 5.75 Å². The summed E-state index contributed by atoms with van der Waals surface area (Å²) < 4.78 is 10.1. The zero-order valence-electron chi connectivity index (χ0n) is 13.2. The smallest absolute Gasteiger partial charge is 0.344 e. The third-order valence-electron chi connectivity index (χ3n) is 3.11. The lowest BCUT2D eigenvalue weighted by Gasteiger charge is -2.06. The average molecular weight is 342 g/mol. The molecule has 0 fully saturated rings. The first-order chi connectivity index (χ1) is 11.6. The molecule has 0 unspecified atom stereocenters. The first-order valence-corrected chi connectivity index (χ1v) is 7.76. The van der Waals surface area contributed by atoms with E-state index in [2.05, 4.69) is 6.07 Å². The number of ether oxygens (including phenoxy) is 2. The van der Waals surface area contributed by atoms with Crippen LogP contribution in [0.1, 0.15) is 18.1 Å². The van der Waals surface area contributed by atoms with Gasteiger partial charge in [-0.25, -0.2) is 4.79 Å². The maximum atomic E-state index is 11.2. The third kappa shape index (κ3) is 5.15. The van der Waals surface area contributed by atoms with Gasteiger partial charge in [0.1, 0.15) is 5.75 Å². The summed E-state index contributed by atoms with van der Waals surface area (Å²) in [4.78, 5) is 11.2. The number of benzene rings is 2. The Labute approximate surface area is 145 Å². The Kier molecular flexibility index (Phi) is 6.41. The van der Waals surface area contributed by atoms with Crippen LogP contribution in [0.2, 0.25) is 5.02 Å². The minimum Gasteiger partial charge on any atom is -0.482 e. The highest BCUT2D eigenvalue weighted by molar-refractivity contribution is 6.30. The number of nitriles is 1. The van der Waals surface area contributed by atoms with Gasteiger partial charge in [-0.3, -0.25) is 0 Å². The van der Waals surface area contributed by atoms with Crippen LogP contribution in [0, 0.1) is 11.3 Å².